The number of aromatic nitrogens is 3. The molecular formula is C36H20BCl7F3N4O7. The maximum absolute atomic E-state index is 13.6. The summed E-state index contributed by atoms with van der Waals surface area (Å²) in [6.07, 6.45) is 0. The van der Waals surface area contributed by atoms with Gasteiger partial charge >= 0.3 is 19.6 Å². The summed E-state index contributed by atoms with van der Waals surface area (Å²) in [5, 5.41) is 25.2. The van der Waals surface area contributed by atoms with Crippen LogP contribution in [0.15, 0.2) is 91.0 Å². The second-order valence-electron chi connectivity index (χ2n) is 10.5. The molecule has 3 heterocycles. The van der Waals surface area contributed by atoms with Crippen molar-refractivity contribution in [2.45, 2.75) is 0 Å². The first-order valence-electron chi connectivity index (χ1n) is 15.2. The number of para-hydroxylation sites is 1. The van der Waals surface area contributed by atoms with E-state index < -0.39 is 35.3 Å². The van der Waals surface area contributed by atoms with Crippen LogP contribution in [0.4, 0.5) is 13.2 Å². The molecule has 11 nitrogen and oxygen atoms in total. The minimum absolute atomic E-state index is 0.00163. The number of pyridine rings is 3. The van der Waals surface area contributed by atoms with E-state index in [9.17, 15) is 27.6 Å². The Morgan fingerprint density at radius 1 is 0.552 bits per heavy atom. The highest BCUT2D eigenvalue weighted by Gasteiger charge is 2.18. The molecule has 0 fully saturated rings. The van der Waals surface area contributed by atoms with Gasteiger partial charge in [-0.3, -0.25) is 4.79 Å². The molecule has 5 N–H and O–H groups in total. The van der Waals surface area contributed by atoms with Crippen molar-refractivity contribution >= 4 is 107 Å². The van der Waals surface area contributed by atoms with Gasteiger partial charge in [-0.05, 0) is 54.6 Å². The van der Waals surface area contributed by atoms with E-state index in [-0.39, 0.29) is 80.6 Å². The topological polar surface area (TPSA) is 186 Å². The number of hydrogen-bond acceptors (Lipinski definition) is 8. The maximum Gasteiger partial charge on any atom is 0.569 e. The zero-order valence-corrected chi connectivity index (χ0v) is 33.7. The van der Waals surface area contributed by atoms with Crippen molar-refractivity contribution < 1.29 is 47.4 Å². The van der Waals surface area contributed by atoms with Crippen LogP contribution in [0.2, 0.25) is 35.7 Å². The van der Waals surface area contributed by atoms with Crippen LogP contribution < -0.4 is 10.4 Å². The molecule has 299 valence electrons. The summed E-state index contributed by atoms with van der Waals surface area (Å²) in [5.41, 5.74) is 5.39. The van der Waals surface area contributed by atoms with E-state index in [1.54, 1.807) is 30.3 Å². The zero-order chi connectivity index (χ0) is 43.3. The van der Waals surface area contributed by atoms with Gasteiger partial charge in [0.2, 0.25) is 0 Å². The van der Waals surface area contributed by atoms with Crippen LogP contribution in [0.1, 0.15) is 31.1 Å². The first kappa shape index (κ1) is 47.5. The quantitative estimate of drug-likeness (QED) is 0.0887. The molecule has 0 atom stereocenters. The van der Waals surface area contributed by atoms with Gasteiger partial charge in [-0.15, -0.1) is 0 Å². The highest BCUT2D eigenvalue weighted by molar-refractivity contribution is 6.42. The normalized spacial score (nSPS) is 10.1. The Labute approximate surface area is 361 Å². The largest absolute Gasteiger partial charge is 0.569 e. The van der Waals surface area contributed by atoms with E-state index in [1.807, 2.05) is 0 Å². The molecule has 0 saturated carbocycles. The lowest BCUT2D eigenvalue weighted by Crippen LogP contribution is -2.12. The summed E-state index contributed by atoms with van der Waals surface area (Å²) >= 11 is 39.8. The van der Waals surface area contributed by atoms with Crippen LogP contribution in [0.3, 0.4) is 0 Å². The monoisotopic (exact) mass is 933 g/mol. The molecule has 6 rings (SSSR count). The van der Waals surface area contributed by atoms with E-state index >= 15 is 0 Å². The van der Waals surface area contributed by atoms with Crippen molar-refractivity contribution in [2.75, 3.05) is 0 Å². The standard InChI is InChI=1S/C12H7Cl2FN2O.C12H6Cl2FNO2.C6H5BFO2.C6H2Cl3NO2/c13-8-5-7(12(16)18)11(14)17-10(8)6-3-1-2-4-9(6)15;13-8-5-7(12(17)18)11(14)16-10(8)6-3-1-2-4-9(6)15;8-5-3-1-2-4-6(5)10-7-9;7-3-1-2(6(11)12)4(8)10-5(3)9/h1-5H,(H2,16,18);1-5H,(H,17,18);1-4,9H;1H,(H,11,12). The highest BCUT2D eigenvalue weighted by atomic mass is 35.5. The zero-order valence-electron chi connectivity index (χ0n) is 28.4. The first-order valence-corrected chi connectivity index (χ1v) is 17.9. The number of nitrogens with two attached hydrogens (primary N) is 1. The van der Waals surface area contributed by atoms with E-state index in [0.717, 1.165) is 12.1 Å². The number of carboxylic acid groups (broad SMARTS) is 2. The Hall–Kier alpha value is -4.84. The molecule has 0 bridgehead atoms. The third kappa shape index (κ3) is 13.1. The summed E-state index contributed by atoms with van der Waals surface area (Å²) in [5.74, 6) is -4.63. The minimum Gasteiger partial charge on any atom is -0.535 e. The molecule has 3 aromatic carbocycles. The third-order valence-corrected chi connectivity index (χ3v) is 8.86. The number of carbonyl (C=O) groups is 3. The summed E-state index contributed by atoms with van der Waals surface area (Å²) in [6, 6.07) is 21.3. The van der Waals surface area contributed by atoms with Gasteiger partial charge < -0.3 is 25.6 Å². The van der Waals surface area contributed by atoms with Crippen LogP contribution in [-0.2, 0) is 0 Å². The lowest BCUT2D eigenvalue weighted by molar-refractivity contribution is 0.0685. The average Bonchev–Trinajstić information content (AvgIpc) is 3.17. The lowest BCUT2D eigenvalue weighted by Gasteiger charge is -2.07. The molecule has 0 aliphatic rings. The van der Waals surface area contributed by atoms with Crippen molar-refractivity contribution in [3.05, 3.63) is 161 Å². The molecular weight excluding hydrogens is 916 g/mol. The van der Waals surface area contributed by atoms with Crippen molar-refractivity contribution in [2.24, 2.45) is 5.73 Å². The number of rotatable bonds is 7. The molecule has 0 aliphatic carbocycles. The fourth-order valence-corrected chi connectivity index (χ4v) is 5.64. The predicted octanol–water partition coefficient (Wildman–Crippen LogP) is 10.7. The number of halogens is 10. The molecule has 0 saturated heterocycles. The van der Waals surface area contributed by atoms with Gasteiger partial charge in [-0.2, -0.15) is 0 Å². The molecule has 1 amide bonds. The fraction of sp³-hybridized carbons (Fsp3) is 0. The Bertz CT molecular complexity index is 2360. The number of nitrogens with zero attached hydrogens (tertiary/aromatic N) is 3. The van der Waals surface area contributed by atoms with Crippen molar-refractivity contribution in [1.82, 2.24) is 15.0 Å². The first-order chi connectivity index (χ1) is 27.4. The van der Waals surface area contributed by atoms with Crippen LogP contribution in [0.5, 0.6) is 5.75 Å². The van der Waals surface area contributed by atoms with Gasteiger partial charge in [0.25, 0.3) is 5.91 Å². The number of aromatic carboxylic acids is 2. The van der Waals surface area contributed by atoms with Gasteiger partial charge in [0.05, 0.1) is 43.1 Å². The maximum atomic E-state index is 13.6. The SMILES string of the molecule is NC(=O)c1cc(Cl)c(-c2ccccc2F)nc1Cl.O=C(O)c1cc(Cl)c(-c2ccccc2F)nc1Cl.O=C(O)c1cc(Cl)c(Cl)nc1Cl.O[B]Oc1ccccc1F. The van der Waals surface area contributed by atoms with Gasteiger partial charge in [-0.1, -0.05) is 118 Å². The van der Waals surface area contributed by atoms with Crippen molar-refractivity contribution in [3.63, 3.8) is 0 Å². The number of amides is 1. The molecule has 0 unspecified atom stereocenters. The van der Waals surface area contributed by atoms with E-state index in [1.165, 1.54) is 48.5 Å². The summed E-state index contributed by atoms with van der Waals surface area (Å²) in [7, 11) is 0.443. The van der Waals surface area contributed by atoms with E-state index in [0.29, 0.717) is 7.69 Å². The number of carbonyl (C=O) groups excluding carboxylic acids is 1. The molecule has 6 aromatic rings. The molecule has 1 radical (unpaired) electrons. The second kappa shape index (κ2) is 22.4. The number of benzene rings is 3. The van der Waals surface area contributed by atoms with Crippen LogP contribution in [-0.4, -0.2) is 55.7 Å². The number of hydrogen-bond donors (Lipinski definition) is 4. The van der Waals surface area contributed by atoms with Crippen LogP contribution in [0.25, 0.3) is 22.5 Å². The summed E-state index contributed by atoms with van der Waals surface area (Å²) < 4.78 is 44.1. The van der Waals surface area contributed by atoms with Crippen molar-refractivity contribution in [1.29, 1.82) is 0 Å². The fourth-order valence-electron chi connectivity index (χ4n) is 4.13. The molecule has 0 aliphatic heterocycles. The number of primary amides is 1. The highest BCUT2D eigenvalue weighted by Crippen LogP contribution is 2.33. The second-order valence-corrected chi connectivity index (χ2v) is 13.2. The Balaban J connectivity index is 0.000000213. The van der Waals surface area contributed by atoms with E-state index in [4.69, 9.17) is 102 Å². The number of carboxylic acids is 2. The van der Waals surface area contributed by atoms with Gasteiger partial charge in [0.1, 0.15) is 38.0 Å². The smallest absolute Gasteiger partial charge is 0.535 e. The Morgan fingerprint density at radius 3 is 1.34 bits per heavy atom. The van der Waals surface area contributed by atoms with Gasteiger partial charge in [0.15, 0.2) is 5.82 Å². The molecule has 3 aromatic heterocycles. The van der Waals surface area contributed by atoms with Gasteiger partial charge in [0, 0.05) is 11.1 Å². The van der Waals surface area contributed by atoms with Crippen molar-refractivity contribution in [3.8, 4) is 28.3 Å². The summed E-state index contributed by atoms with van der Waals surface area (Å²) in [4.78, 5) is 43.6. The average molecular weight is 937 g/mol. The minimum atomic E-state index is -1.24. The lowest BCUT2D eigenvalue weighted by atomic mass is 10.1. The predicted molar refractivity (Wildman–Crippen MR) is 216 cm³/mol. The Kier molecular flexibility index (Phi) is 18.3. The summed E-state index contributed by atoms with van der Waals surface area (Å²) in [6.45, 7) is 0. The third-order valence-electron chi connectivity index (χ3n) is 6.75. The van der Waals surface area contributed by atoms with Gasteiger partial charge in [-0.25, -0.2) is 37.7 Å². The van der Waals surface area contributed by atoms with Crippen LogP contribution >= 0.6 is 81.2 Å². The molecule has 0 spiro atoms. The van der Waals surface area contributed by atoms with E-state index in [2.05, 4.69) is 19.6 Å². The molecule has 22 heteroatoms. The van der Waals surface area contributed by atoms with Crippen LogP contribution in [0, 0.1) is 17.5 Å². The Morgan fingerprint density at radius 2 is 0.931 bits per heavy atom. The molecule has 58 heavy (non-hydrogen) atoms.